The number of aromatic carboxylic acids is 1. The molecule has 3 aromatic rings. The molecule has 0 spiro atoms. The van der Waals surface area contributed by atoms with Crippen LogP contribution < -0.4 is 10.5 Å². The maximum atomic E-state index is 10.6. The number of fused-ring (bicyclic) bond motifs is 1. The van der Waals surface area contributed by atoms with Crippen molar-refractivity contribution in [3.63, 3.8) is 0 Å². The Morgan fingerprint density at radius 3 is 2.57 bits per heavy atom. The summed E-state index contributed by atoms with van der Waals surface area (Å²) in [6, 6.07) is 12.5. The Hall–Kier alpha value is -2.99. The molecule has 0 radical (unpaired) electrons. The molecule has 3 N–H and O–H groups in total. The van der Waals surface area contributed by atoms with Crippen molar-refractivity contribution in [3.8, 4) is 5.75 Å². The number of carboxylic acid groups (broad SMARTS) is 1. The Bertz CT molecular complexity index is 765. The van der Waals surface area contributed by atoms with Crippen molar-refractivity contribution >= 4 is 16.9 Å². The van der Waals surface area contributed by atoms with E-state index in [1.165, 1.54) is 12.4 Å². The van der Waals surface area contributed by atoms with Crippen molar-refractivity contribution in [1.29, 1.82) is 0 Å². The van der Waals surface area contributed by atoms with Crippen molar-refractivity contribution in [2.75, 3.05) is 7.11 Å². The highest BCUT2D eigenvalue weighted by Crippen LogP contribution is 2.12. The van der Waals surface area contributed by atoms with Crippen LogP contribution in [0.1, 0.15) is 15.9 Å². The zero-order valence-corrected chi connectivity index (χ0v) is 12.6. The number of benzene rings is 2. The number of nitrogens with zero attached hydrogens (tertiary/aromatic N) is 2. The van der Waals surface area contributed by atoms with E-state index in [-0.39, 0.29) is 5.56 Å². The molecule has 23 heavy (non-hydrogen) atoms. The molecule has 0 saturated carbocycles. The van der Waals surface area contributed by atoms with Gasteiger partial charge in [0, 0.05) is 18.1 Å². The number of carboxylic acids is 1. The summed E-state index contributed by atoms with van der Waals surface area (Å²) in [7, 11) is 1.65. The lowest BCUT2D eigenvalue weighted by atomic mass is 10.1. The molecule has 3 rings (SSSR count). The lowest BCUT2D eigenvalue weighted by Gasteiger charge is -1.99. The first-order valence-corrected chi connectivity index (χ1v) is 6.90. The maximum Gasteiger partial charge on any atom is 0.335 e. The Morgan fingerprint density at radius 1 is 1.22 bits per heavy atom. The van der Waals surface area contributed by atoms with Gasteiger partial charge in [0.05, 0.1) is 18.2 Å². The normalized spacial score (nSPS) is 9.83. The third kappa shape index (κ3) is 4.49. The minimum Gasteiger partial charge on any atom is -0.497 e. The molecule has 0 amide bonds. The monoisotopic (exact) mass is 311 g/mol. The number of rotatable bonds is 3. The number of aromatic nitrogens is 2. The molecule has 118 valence electrons. The van der Waals surface area contributed by atoms with E-state index in [9.17, 15) is 4.79 Å². The van der Waals surface area contributed by atoms with Crippen molar-refractivity contribution in [3.05, 3.63) is 66.1 Å². The van der Waals surface area contributed by atoms with E-state index in [0.29, 0.717) is 6.54 Å². The van der Waals surface area contributed by atoms with Crippen LogP contribution in [0.25, 0.3) is 10.9 Å². The summed E-state index contributed by atoms with van der Waals surface area (Å²) in [4.78, 5) is 18.4. The summed E-state index contributed by atoms with van der Waals surface area (Å²) in [5, 5.41) is 9.44. The molecule has 0 aliphatic rings. The zero-order chi connectivity index (χ0) is 16.7. The smallest absolute Gasteiger partial charge is 0.335 e. The van der Waals surface area contributed by atoms with Crippen molar-refractivity contribution in [1.82, 2.24) is 9.97 Å². The van der Waals surface area contributed by atoms with Crippen LogP contribution in [0.5, 0.6) is 5.75 Å². The zero-order valence-electron chi connectivity index (χ0n) is 12.6. The van der Waals surface area contributed by atoms with Crippen LogP contribution in [0, 0.1) is 0 Å². The summed E-state index contributed by atoms with van der Waals surface area (Å²) < 4.78 is 4.97. The van der Waals surface area contributed by atoms with E-state index < -0.39 is 5.97 Å². The predicted octanol–water partition coefficient (Wildman–Crippen LogP) is 2.48. The van der Waals surface area contributed by atoms with Crippen LogP contribution in [0.4, 0.5) is 0 Å². The Morgan fingerprint density at radius 2 is 1.96 bits per heavy atom. The Labute approximate surface area is 133 Å². The minimum atomic E-state index is -0.939. The molecule has 0 bridgehead atoms. The lowest BCUT2D eigenvalue weighted by molar-refractivity contribution is 0.0697. The fourth-order valence-electron chi connectivity index (χ4n) is 1.88. The standard InChI is InChI=1S/C9H6N2O2.C8H11NO/c12-9(13)6-1-2-8-7(3-6)4-10-5-11-8;1-10-8-4-2-7(6-9)3-5-8/h1-5H,(H,12,13);2-5H,6,9H2,1H3. The SMILES string of the molecule is COc1ccc(CN)cc1.O=C(O)c1ccc2ncncc2c1. The fraction of sp³-hybridized carbons (Fsp3) is 0.118. The number of methoxy groups -OCH3 is 1. The van der Waals surface area contributed by atoms with Gasteiger partial charge in [0.1, 0.15) is 12.1 Å². The van der Waals surface area contributed by atoms with Gasteiger partial charge in [-0.2, -0.15) is 0 Å². The summed E-state index contributed by atoms with van der Waals surface area (Å²) in [6.45, 7) is 0.587. The first-order chi connectivity index (χ1) is 11.1. The fourth-order valence-corrected chi connectivity index (χ4v) is 1.88. The lowest BCUT2D eigenvalue weighted by Crippen LogP contribution is -1.95. The van der Waals surface area contributed by atoms with Gasteiger partial charge in [0.25, 0.3) is 0 Å². The van der Waals surface area contributed by atoms with Crippen molar-refractivity contribution < 1.29 is 14.6 Å². The summed E-state index contributed by atoms with van der Waals surface area (Å²) in [5.74, 6) is -0.0667. The molecule has 0 fully saturated rings. The second-order valence-electron chi connectivity index (χ2n) is 4.65. The van der Waals surface area contributed by atoms with E-state index in [4.69, 9.17) is 15.6 Å². The molecule has 6 heteroatoms. The van der Waals surface area contributed by atoms with Crippen LogP contribution in [0.2, 0.25) is 0 Å². The molecule has 0 unspecified atom stereocenters. The van der Waals surface area contributed by atoms with Crippen LogP contribution in [0.15, 0.2) is 55.0 Å². The van der Waals surface area contributed by atoms with Gasteiger partial charge in [-0.25, -0.2) is 14.8 Å². The predicted molar refractivity (Wildman–Crippen MR) is 87.4 cm³/mol. The quantitative estimate of drug-likeness (QED) is 0.771. The average Bonchev–Trinajstić information content (AvgIpc) is 2.62. The molecule has 0 atom stereocenters. The van der Waals surface area contributed by atoms with E-state index in [2.05, 4.69) is 9.97 Å². The van der Waals surface area contributed by atoms with Crippen LogP contribution in [0.3, 0.4) is 0 Å². The number of ether oxygens (including phenoxy) is 1. The number of hydrogen-bond donors (Lipinski definition) is 2. The van der Waals surface area contributed by atoms with E-state index >= 15 is 0 Å². The second-order valence-corrected chi connectivity index (χ2v) is 4.65. The van der Waals surface area contributed by atoms with Gasteiger partial charge in [-0.3, -0.25) is 0 Å². The third-order valence-electron chi connectivity index (χ3n) is 3.15. The highest BCUT2D eigenvalue weighted by molar-refractivity contribution is 5.92. The van der Waals surface area contributed by atoms with E-state index in [1.54, 1.807) is 25.4 Å². The van der Waals surface area contributed by atoms with Gasteiger partial charge in [-0.05, 0) is 35.9 Å². The third-order valence-corrected chi connectivity index (χ3v) is 3.15. The highest BCUT2D eigenvalue weighted by Gasteiger charge is 2.03. The number of carbonyl (C=O) groups is 1. The van der Waals surface area contributed by atoms with Gasteiger partial charge in [-0.1, -0.05) is 12.1 Å². The van der Waals surface area contributed by atoms with E-state index in [1.807, 2.05) is 24.3 Å². The molecule has 0 aliphatic carbocycles. The molecule has 2 aromatic carbocycles. The number of nitrogens with two attached hydrogens (primary N) is 1. The first kappa shape index (κ1) is 16.4. The van der Waals surface area contributed by atoms with Crippen LogP contribution in [-0.2, 0) is 6.54 Å². The van der Waals surface area contributed by atoms with Crippen molar-refractivity contribution in [2.24, 2.45) is 5.73 Å². The topological polar surface area (TPSA) is 98.3 Å². The summed E-state index contributed by atoms with van der Waals surface area (Å²) in [5.41, 5.74) is 7.53. The highest BCUT2D eigenvalue weighted by atomic mass is 16.5. The molecular formula is C17H17N3O3. The van der Waals surface area contributed by atoms with Gasteiger partial charge >= 0.3 is 5.97 Å². The van der Waals surface area contributed by atoms with Crippen LogP contribution in [-0.4, -0.2) is 28.2 Å². The van der Waals surface area contributed by atoms with E-state index in [0.717, 1.165) is 22.2 Å². The van der Waals surface area contributed by atoms with Crippen LogP contribution >= 0.6 is 0 Å². The Balaban J connectivity index is 0.000000174. The molecule has 0 aliphatic heterocycles. The average molecular weight is 311 g/mol. The van der Waals surface area contributed by atoms with Gasteiger partial charge < -0.3 is 15.6 Å². The molecule has 6 nitrogen and oxygen atoms in total. The van der Waals surface area contributed by atoms with Gasteiger partial charge in [0.2, 0.25) is 0 Å². The molecule has 0 saturated heterocycles. The minimum absolute atomic E-state index is 0.252. The first-order valence-electron chi connectivity index (χ1n) is 6.90. The molecule has 1 aromatic heterocycles. The second kappa shape index (κ2) is 7.86. The summed E-state index contributed by atoms with van der Waals surface area (Å²) >= 11 is 0. The summed E-state index contributed by atoms with van der Waals surface area (Å²) in [6.07, 6.45) is 3.03. The Kier molecular flexibility index (Phi) is 5.60. The van der Waals surface area contributed by atoms with Gasteiger partial charge in [0.15, 0.2) is 0 Å². The molecule has 1 heterocycles. The van der Waals surface area contributed by atoms with Crippen molar-refractivity contribution in [2.45, 2.75) is 6.54 Å². The number of hydrogen-bond acceptors (Lipinski definition) is 5. The van der Waals surface area contributed by atoms with Gasteiger partial charge in [-0.15, -0.1) is 0 Å². The maximum absolute atomic E-state index is 10.6. The molecular weight excluding hydrogens is 294 g/mol. The largest absolute Gasteiger partial charge is 0.497 e.